The minimum absolute atomic E-state index is 0.116. The number of nitrogens with zero attached hydrogens (tertiary/aromatic N) is 5. The smallest absolute Gasteiger partial charge is 0.253 e. The standard InChI is InChI=1S/C19H25N5OS/c25-18-9-16(14-1-2-14)20-12-24(18)10-13-5-7-23(8-6-13)11-17-21-22-19(26-17)15-3-4-15/h9,12-15H,1-8,10-11H2. The molecule has 0 N–H and O–H groups in total. The van der Waals surface area contributed by atoms with Crippen LogP contribution < -0.4 is 5.56 Å². The number of hydrogen-bond donors (Lipinski definition) is 0. The van der Waals surface area contributed by atoms with Crippen molar-refractivity contribution < 1.29 is 0 Å². The molecule has 7 heteroatoms. The van der Waals surface area contributed by atoms with E-state index >= 15 is 0 Å². The number of rotatable bonds is 6. The number of aromatic nitrogens is 4. The second kappa shape index (κ2) is 6.85. The van der Waals surface area contributed by atoms with Crippen LogP contribution in [-0.2, 0) is 13.1 Å². The van der Waals surface area contributed by atoms with Gasteiger partial charge in [0.05, 0.1) is 18.6 Å². The van der Waals surface area contributed by atoms with E-state index in [0.717, 1.165) is 49.7 Å². The lowest BCUT2D eigenvalue weighted by Gasteiger charge is -2.31. The van der Waals surface area contributed by atoms with Gasteiger partial charge in [-0.05, 0) is 57.5 Å². The SMILES string of the molecule is O=c1cc(C2CC2)ncn1CC1CCN(Cc2nnc(C3CC3)s2)CC1. The van der Waals surface area contributed by atoms with Crippen LogP contribution in [0, 0.1) is 5.92 Å². The van der Waals surface area contributed by atoms with Crippen molar-refractivity contribution in [3.8, 4) is 0 Å². The van der Waals surface area contributed by atoms with Crippen molar-refractivity contribution in [3.63, 3.8) is 0 Å². The van der Waals surface area contributed by atoms with Crippen molar-refractivity contribution in [1.29, 1.82) is 0 Å². The van der Waals surface area contributed by atoms with Gasteiger partial charge in [-0.15, -0.1) is 10.2 Å². The van der Waals surface area contributed by atoms with Crippen molar-refractivity contribution in [2.45, 2.75) is 63.5 Å². The molecule has 1 saturated heterocycles. The summed E-state index contributed by atoms with van der Waals surface area (Å²) in [5, 5.41) is 11.1. The molecule has 0 spiro atoms. The van der Waals surface area contributed by atoms with Crippen molar-refractivity contribution in [3.05, 3.63) is 38.5 Å². The van der Waals surface area contributed by atoms with E-state index in [1.807, 2.05) is 0 Å². The molecular weight excluding hydrogens is 346 g/mol. The van der Waals surface area contributed by atoms with Gasteiger partial charge in [-0.2, -0.15) is 0 Å². The molecule has 0 unspecified atom stereocenters. The van der Waals surface area contributed by atoms with Gasteiger partial charge in [0.2, 0.25) is 0 Å². The average molecular weight is 372 g/mol. The second-order valence-corrected chi connectivity index (χ2v) is 9.20. The summed E-state index contributed by atoms with van der Waals surface area (Å²) in [6.45, 7) is 3.88. The van der Waals surface area contributed by atoms with E-state index in [1.165, 1.54) is 30.7 Å². The lowest BCUT2D eigenvalue weighted by Crippen LogP contribution is -2.36. The Labute approximate surface area is 157 Å². The summed E-state index contributed by atoms with van der Waals surface area (Å²) >= 11 is 1.79. The average Bonchev–Trinajstić information content (AvgIpc) is 3.57. The van der Waals surface area contributed by atoms with E-state index in [0.29, 0.717) is 17.8 Å². The van der Waals surface area contributed by atoms with Gasteiger partial charge in [0.25, 0.3) is 5.56 Å². The molecule has 0 bridgehead atoms. The maximum absolute atomic E-state index is 12.3. The van der Waals surface area contributed by atoms with Crippen LogP contribution >= 0.6 is 11.3 Å². The minimum Gasteiger partial charge on any atom is -0.299 e. The van der Waals surface area contributed by atoms with E-state index < -0.39 is 0 Å². The summed E-state index contributed by atoms with van der Waals surface area (Å²) in [7, 11) is 0. The molecule has 0 amide bonds. The molecule has 3 aliphatic rings. The molecule has 6 nitrogen and oxygen atoms in total. The third kappa shape index (κ3) is 3.74. The van der Waals surface area contributed by atoms with Crippen LogP contribution in [0.15, 0.2) is 17.2 Å². The summed E-state index contributed by atoms with van der Waals surface area (Å²) in [5.41, 5.74) is 1.11. The molecule has 2 aromatic rings. The van der Waals surface area contributed by atoms with E-state index in [-0.39, 0.29) is 5.56 Å². The summed E-state index contributed by atoms with van der Waals surface area (Å²) in [5.74, 6) is 1.81. The molecule has 2 aromatic heterocycles. The van der Waals surface area contributed by atoms with Crippen LogP contribution in [0.5, 0.6) is 0 Å². The molecule has 1 aliphatic heterocycles. The Morgan fingerprint density at radius 2 is 1.81 bits per heavy atom. The molecule has 0 atom stereocenters. The third-order valence-electron chi connectivity index (χ3n) is 5.83. The van der Waals surface area contributed by atoms with Gasteiger partial charge in [-0.1, -0.05) is 11.3 Å². The largest absolute Gasteiger partial charge is 0.299 e. The Balaban J connectivity index is 1.13. The van der Waals surface area contributed by atoms with E-state index in [4.69, 9.17) is 0 Å². The van der Waals surface area contributed by atoms with Crippen LogP contribution in [0.4, 0.5) is 0 Å². The van der Waals surface area contributed by atoms with Crippen LogP contribution in [-0.4, -0.2) is 37.7 Å². The Hall–Kier alpha value is -1.60. The Bertz CT molecular complexity index is 830. The first kappa shape index (κ1) is 16.6. The number of piperidine rings is 1. The number of hydrogen-bond acceptors (Lipinski definition) is 6. The second-order valence-electron chi connectivity index (χ2n) is 8.11. The molecular formula is C19H25N5OS. The van der Waals surface area contributed by atoms with E-state index in [9.17, 15) is 4.79 Å². The van der Waals surface area contributed by atoms with E-state index in [2.05, 4.69) is 20.1 Å². The summed E-state index contributed by atoms with van der Waals surface area (Å²) in [6, 6.07) is 1.75. The van der Waals surface area contributed by atoms with Crippen molar-refractivity contribution >= 4 is 11.3 Å². The van der Waals surface area contributed by atoms with E-state index in [1.54, 1.807) is 28.3 Å². The van der Waals surface area contributed by atoms with Gasteiger partial charge in [-0.3, -0.25) is 14.3 Å². The molecule has 3 heterocycles. The lowest BCUT2D eigenvalue weighted by atomic mass is 9.97. The summed E-state index contributed by atoms with van der Waals surface area (Å²) in [4.78, 5) is 19.3. The topological polar surface area (TPSA) is 63.9 Å². The van der Waals surface area contributed by atoms with Crippen molar-refractivity contribution in [2.24, 2.45) is 5.92 Å². The van der Waals surface area contributed by atoms with Crippen LogP contribution in [0.1, 0.15) is 66.1 Å². The van der Waals surface area contributed by atoms with Crippen molar-refractivity contribution in [1.82, 2.24) is 24.6 Å². The zero-order valence-corrected chi connectivity index (χ0v) is 15.8. The highest BCUT2D eigenvalue weighted by Gasteiger charge is 2.28. The van der Waals surface area contributed by atoms with Gasteiger partial charge < -0.3 is 0 Å². The Morgan fingerprint density at radius 1 is 1.04 bits per heavy atom. The van der Waals surface area contributed by atoms with Gasteiger partial charge in [0.15, 0.2) is 0 Å². The van der Waals surface area contributed by atoms with Crippen LogP contribution in [0.3, 0.4) is 0 Å². The zero-order valence-electron chi connectivity index (χ0n) is 15.0. The zero-order chi connectivity index (χ0) is 17.5. The molecule has 5 rings (SSSR count). The summed E-state index contributed by atoms with van der Waals surface area (Å²) in [6.07, 6.45) is 8.97. The number of likely N-dealkylation sites (tertiary alicyclic amines) is 1. The van der Waals surface area contributed by atoms with Crippen LogP contribution in [0.25, 0.3) is 0 Å². The molecule has 2 saturated carbocycles. The van der Waals surface area contributed by atoms with Gasteiger partial charge in [0.1, 0.15) is 10.0 Å². The maximum Gasteiger partial charge on any atom is 0.253 e. The van der Waals surface area contributed by atoms with Crippen LogP contribution in [0.2, 0.25) is 0 Å². The molecule has 0 radical (unpaired) electrons. The monoisotopic (exact) mass is 371 g/mol. The Kier molecular flexibility index (Phi) is 4.36. The summed E-state index contributed by atoms with van der Waals surface area (Å²) < 4.78 is 1.80. The van der Waals surface area contributed by atoms with Gasteiger partial charge in [0, 0.05) is 24.4 Å². The molecule has 3 fully saturated rings. The normalized spacial score (nSPS) is 22.0. The Morgan fingerprint density at radius 3 is 2.50 bits per heavy atom. The first-order valence-electron chi connectivity index (χ1n) is 9.85. The maximum atomic E-state index is 12.3. The first-order chi connectivity index (χ1) is 12.7. The highest BCUT2D eigenvalue weighted by Crippen LogP contribution is 2.41. The molecule has 26 heavy (non-hydrogen) atoms. The van der Waals surface area contributed by atoms with Gasteiger partial charge in [-0.25, -0.2) is 4.98 Å². The predicted molar refractivity (Wildman–Crippen MR) is 100 cm³/mol. The predicted octanol–water partition coefficient (Wildman–Crippen LogP) is 2.76. The van der Waals surface area contributed by atoms with Gasteiger partial charge >= 0.3 is 0 Å². The fourth-order valence-electron chi connectivity index (χ4n) is 3.80. The quantitative estimate of drug-likeness (QED) is 0.781. The molecule has 2 aliphatic carbocycles. The first-order valence-corrected chi connectivity index (χ1v) is 10.7. The lowest BCUT2D eigenvalue weighted by molar-refractivity contribution is 0.166. The minimum atomic E-state index is 0.116. The fourth-order valence-corrected chi connectivity index (χ4v) is 4.86. The molecule has 0 aromatic carbocycles. The highest BCUT2D eigenvalue weighted by atomic mass is 32.1. The third-order valence-corrected chi connectivity index (χ3v) is 6.90. The fraction of sp³-hybridized carbons (Fsp3) is 0.684. The van der Waals surface area contributed by atoms with Crippen molar-refractivity contribution in [2.75, 3.05) is 13.1 Å². The highest BCUT2D eigenvalue weighted by molar-refractivity contribution is 7.11. The molecule has 138 valence electrons.